The Balaban J connectivity index is 2.22. The van der Waals surface area contributed by atoms with E-state index in [4.69, 9.17) is 0 Å². The third kappa shape index (κ3) is 1.62. The van der Waals surface area contributed by atoms with Crippen LogP contribution in [0.5, 0.6) is 0 Å². The molecule has 0 amide bonds. The summed E-state index contributed by atoms with van der Waals surface area (Å²) in [6.07, 6.45) is 6.31. The zero-order chi connectivity index (χ0) is 8.23. The summed E-state index contributed by atoms with van der Waals surface area (Å²) in [5.41, 5.74) is 2.44. The summed E-state index contributed by atoms with van der Waals surface area (Å²) in [7, 11) is 0. The largest absolute Gasteiger partial charge is 0.266 e. The van der Waals surface area contributed by atoms with E-state index in [0.717, 1.165) is 12.8 Å². The first-order valence-electron chi connectivity index (χ1n) is 4.23. The zero-order valence-electron chi connectivity index (χ0n) is 6.90. The first-order chi connectivity index (χ1) is 5.95. The van der Waals surface area contributed by atoms with Gasteiger partial charge in [-0.2, -0.15) is 0 Å². The maximum absolute atomic E-state index is 4.27. The van der Waals surface area contributed by atoms with E-state index in [-0.39, 0.29) is 0 Å². The van der Waals surface area contributed by atoms with Crippen molar-refractivity contribution in [2.24, 2.45) is 4.99 Å². The van der Waals surface area contributed by atoms with E-state index in [2.05, 4.69) is 23.2 Å². The van der Waals surface area contributed by atoms with Crippen LogP contribution in [0.2, 0.25) is 0 Å². The first-order valence-corrected chi connectivity index (χ1v) is 4.23. The molecule has 0 N–H and O–H groups in total. The molecule has 2 rings (SSSR count). The number of nitrogens with zero attached hydrogens (tertiary/aromatic N) is 1. The molecular weight excluding hydrogens is 146 g/mol. The van der Waals surface area contributed by atoms with Gasteiger partial charge in [-0.25, -0.2) is 0 Å². The van der Waals surface area contributed by atoms with Crippen molar-refractivity contribution < 1.29 is 0 Å². The summed E-state index contributed by atoms with van der Waals surface area (Å²) >= 11 is 0. The van der Waals surface area contributed by atoms with E-state index >= 15 is 0 Å². The molecule has 1 heteroatoms. The van der Waals surface area contributed by atoms with E-state index < -0.39 is 0 Å². The molecule has 0 spiro atoms. The Morgan fingerprint density at radius 3 is 2.67 bits per heavy atom. The highest BCUT2D eigenvalue weighted by Gasteiger charge is 1.99. The lowest BCUT2D eigenvalue weighted by Crippen LogP contribution is -1.73. The van der Waals surface area contributed by atoms with Gasteiger partial charge in [-0.1, -0.05) is 30.3 Å². The number of hydrogen-bond donors (Lipinski definition) is 0. The van der Waals surface area contributed by atoms with Crippen LogP contribution in [0.25, 0.3) is 6.08 Å². The second-order valence-corrected chi connectivity index (χ2v) is 2.90. The fourth-order valence-electron chi connectivity index (χ4n) is 1.31. The average Bonchev–Trinajstić information content (AvgIpc) is 2.59. The normalized spacial score (nSPS) is 18.8. The molecule has 0 aliphatic carbocycles. The second kappa shape index (κ2) is 3.35. The molecule has 0 fully saturated rings. The molecular formula is C11H11N. The Hall–Kier alpha value is -1.37. The van der Waals surface area contributed by atoms with Crippen LogP contribution in [0.4, 0.5) is 0 Å². The van der Waals surface area contributed by atoms with Crippen molar-refractivity contribution in [2.75, 3.05) is 0 Å². The van der Waals surface area contributed by atoms with E-state index in [0.29, 0.717) is 0 Å². The summed E-state index contributed by atoms with van der Waals surface area (Å²) in [6, 6.07) is 10.3. The van der Waals surface area contributed by atoms with Gasteiger partial charge in [0.1, 0.15) is 0 Å². The lowest BCUT2D eigenvalue weighted by molar-refractivity contribution is 1.08. The molecule has 12 heavy (non-hydrogen) atoms. The van der Waals surface area contributed by atoms with Crippen LogP contribution < -0.4 is 0 Å². The Morgan fingerprint density at radius 1 is 1.17 bits per heavy atom. The van der Waals surface area contributed by atoms with Gasteiger partial charge < -0.3 is 0 Å². The van der Waals surface area contributed by atoms with Crippen LogP contribution in [-0.2, 0) is 0 Å². The second-order valence-electron chi connectivity index (χ2n) is 2.90. The minimum atomic E-state index is 1.09. The number of hydrogen-bond acceptors (Lipinski definition) is 1. The third-order valence-corrected chi connectivity index (χ3v) is 1.92. The van der Waals surface area contributed by atoms with Crippen molar-refractivity contribution in [3.05, 3.63) is 41.6 Å². The van der Waals surface area contributed by atoms with Gasteiger partial charge in [-0.15, -0.1) is 0 Å². The van der Waals surface area contributed by atoms with Gasteiger partial charge in [0.15, 0.2) is 0 Å². The van der Waals surface area contributed by atoms with Crippen LogP contribution in [0, 0.1) is 0 Å². The highest BCUT2D eigenvalue weighted by molar-refractivity contribution is 5.67. The minimum absolute atomic E-state index is 1.09. The standard InChI is InChI=1S/C11H11N/c1-2-5-10(6-3-1)9-11-7-4-8-12-11/h1-3,5-6,8-9H,4,7H2/b11-9-. The van der Waals surface area contributed by atoms with Crippen molar-refractivity contribution in [1.29, 1.82) is 0 Å². The fraction of sp³-hybridized carbons (Fsp3) is 0.182. The smallest absolute Gasteiger partial charge is 0.0409 e. The van der Waals surface area contributed by atoms with Crippen molar-refractivity contribution in [2.45, 2.75) is 12.8 Å². The van der Waals surface area contributed by atoms with Gasteiger partial charge in [0, 0.05) is 11.9 Å². The molecule has 1 heterocycles. The molecule has 0 unspecified atom stereocenters. The van der Waals surface area contributed by atoms with Gasteiger partial charge in [-0.05, 0) is 24.5 Å². The van der Waals surface area contributed by atoms with E-state index in [1.54, 1.807) is 0 Å². The molecule has 1 aliphatic heterocycles. The van der Waals surface area contributed by atoms with Crippen LogP contribution >= 0.6 is 0 Å². The Bertz CT molecular complexity index is 309. The molecule has 1 aliphatic rings. The van der Waals surface area contributed by atoms with E-state index in [9.17, 15) is 0 Å². The Labute approximate surface area is 72.5 Å². The van der Waals surface area contributed by atoms with Crippen LogP contribution in [0.1, 0.15) is 18.4 Å². The quantitative estimate of drug-likeness (QED) is 0.594. The lowest BCUT2D eigenvalue weighted by Gasteiger charge is -1.93. The summed E-state index contributed by atoms with van der Waals surface area (Å²) in [5.74, 6) is 0. The van der Waals surface area contributed by atoms with E-state index in [1.165, 1.54) is 11.3 Å². The molecule has 0 atom stereocenters. The minimum Gasteiger partial charge on any atom is -0.266 e. The van der Waals surface area contributed by atoms with Gasteiger partial charge in [0.2, 0.25) is 0 Å². The van der Waals surface area contributed by atoms with Crippen molar-refractivity contribution in [1.82, 2.24) is 0 Å². The summed E-state index contributed by atoms with van der Waals surface area (Å²) < 4.78 is 0. The van der Waals surface area contributed by atoms with Gasteiger partial charge >= 0.3 is 0 Å². The maximum atomic E-state index is 4.27. The lowest BCUT2D eigenvalue weighted by atomic mass is 10.2. The summed E-state index contributed by atoms with van der Waals surface area (Å²) in [4.78, 5) is 4.27. The Kier molecular flexibility index (Phi) is 2.04. The molecule has 60 valence electrons. The topological polar surface area (TPSA) is 12.4 Å². The third-order valence-electron chi connectivity index (χ3n) is 1.92. The molecule has 0 aromatic heterocycles. The molecule has 0 saturated carbocycles. The van der Waals surface area contributed by atoms with E-state index in [1.807, 2.05) is 24.4 Å². The van der Waals surface area contributed by atoms with Gasteiger partial charge in [0.05, 0.1) is 0 Å². The molecule has 1 aromatic rings. The molecule has 1 nitrogen and oxygen atoms in total. The van der Waals surface area contributed by atoms with Crippen molar-refractivity contribution in [3.8, 4) is 0 Å². The highest BCUT2D eigenvalue weighted by Crippen LogP contribution is 2.16. The average molecular weight is 157 g/mol. The highest BCUT2D eigenvalue weighted by atomic mass is 14.8. The zero-order valence-corrected chi connectivity index (χ0v) is 6.90. The SMILES string of the molecule is C1=N/C(=C\c2ccccc2)CC1. The predicted molar refractivity (Wildman–Crippen MR) is 52.1 cm³/mol. The summed E-state index contributed by atoms with van der Waals surface area (Å²) in [5, 5.41) is 0. The van der Waals surface area contributed by atoms with Gasteiger partial charge in [-0.3, -0.25) is 4.99 Å². The maximum Gasteiger partial charge on any atom is 0.0409 e. The molecule has 0 saturated heterocycles. The number of rotatable bonds is 1. The van der Waals surface area contributed by atoms with Gasteiger partial charge in [0.25, 0.3) is 0 Å². The fourth-order valence-corrected chi connectivity index (χ4v) is 1.31. The van der Waals surface area contributed by atoms with Crippen LogP contribution in [-0.4, -0.2) is 6.21 Å². The van der Waals surface area contributed by atoms with Crippen molar-refractivity contribution >= 4 is 12.3 Å². The van der Waals surface area contributed by atoms with Crippen LogP contribution in [0.3, 0.4) is 0 Å². The molecule has 0 radical (unpaired) electrons. The molecule has 1 aromatic carbocycles. The molecule has 0 bridgehead atoms. The van der Waals surface area contributed by atoms with Crippen molar-refractivity contribution in [3.63, 3.8) is 0 Å². The predicted octanol–water partition coefficient (Wildman–Crippen LogP) is 2.89. The number of aliphatic imine (C=N–C) groups is 1. The van der Waals surface area contributed by atoms with Crippen LogP contribution in [0.15, 0.2) is 41.0 Å². The number of benzene rings is 1. The Morgan fingerprint density at radius 2 is 2.00 bits per heavy atom. The summed E-state index contributed by atoms with van der Waals surface area (Å²) in [6.45, 7) is 0. The number of allylic oxidation sites excluding steroid dienone is 1. The first kappa shape index (κ1) is 7.29. The monoisotopic (exact) mass is 157 g/mol.